The number of nitrogens with zero attached hydrogens (tertiary/aromatic N) is 3. The van der Waals surface area contributed by atoms with E-state index in [1.54, 1.807) is 24.4 Å². The van der Waals surface area contributed by atoms with Crippen LogP contribution in [-0.4, -0.2) is 27.4 Å². The molecule has 41 heavy (non-hydrogen) atoms. The molecule has 9 heteroatoms. The standard InChI is InChI=1S/C32H27F2N3O4/c1-18(2)37-17-25(32(39)31(19(37)3)20-5-7-21(33)8-6-20)28(38)13-22-9-10-23(16-36-22)41-29-11-12-35-27-15-26(34)30(40-4)14-24(27)29/h5-12,14-18H,13H2,1-4H3. The molecule has 0 unspecified atom stereocenters. The maximum Gasteiger partial charge on any atom is 0.200 e. The van der Waals surface area contributed by atoms with Gasteiger partial charge >= 0.3 is 0 Å². The number of benzene rings is 2. The van der Waals surface area contributed by atoms with Crippen molar-refractivity contribution in [2.75, 3.05) is 7.11 Å². The first-order valence-electron chi connectivity index (χ1n) is 13.0. The van der Waals surface area contributed by atoms with Crippen molar-refractivity contribution in [2.45, 2.75) is 33.2 Å². The highest BCUT2D eigenvalue weighted by molar-refractivity contribution is 5.98. The van der Waals surface area contributed by atoms with Crippen LogP contribution in [0.3, 0.4) is 0 Å². The van der Waals surface area contributed by atoms with Gasteiger partial charge in [-0.25, -0.2) is 8.78 Å². The molecule has 2 aromatic carbocycles. The van der Waals surface area contributed by atoms with E-state index in [1.807, 2.05) is 25.3 Å². The van der Waals surface area contributed by atoms with Crippen molar-refractivity contribution < 1.29 is 23.0 Å². The zero-order chi connectivity index (χ0) is 29.3. The van der Waals surface area contributed by atoms with Crippen LogP contribution in [-0.2, 0) is 6.42 Å². The van der Waals surface area contributed by atoms with Gasteiger partial charge in [-0.05, 0) is 62.7 Å². The Balaban J connectivity index is 1.42. The Morgan fingerprint density at radius 1 is 1.00 bits per heavy atom. The lowest BCUT2D eigenvalue weighted by atomic mass is 9.98. The number of carbonyl (C=O) groups is 1. The summed E-state index contributed by atoms with van der Waals surface area (Å²) in [5.41, 5.74) is 2.08. The molecule has 3 aromatic heterocycles. The molecule has 0 bridgehead atoms. The third-order valence-electron chi connectivity index (χ3n) is 6.82. The SMILES string of the molecule is COc1cc2c(Oc3ccc(CC(=O)c4cn(C(C)C)c(C)c(-c5ccc(F)cc5)c4=O)nc3)ccnc2cc1F. The van der Waals surface area contributed by atoms with Crippen LogP contribution in [0.2, 0.25) is 0 Å². The smallest absolute Gasteiger partial charge is 0.200 e. The van der Waals surface area contributed by atoms with Crippen molar-refractivity contribution in [1.82, 2.24) is 14.5 Å². The summed E-state index contributed by atoms with van der Waals surface area (Å²) >= 11 is 0. The summed E-state index contributed by atoms with van der Waals surface area (Å²) < 4.78 is 40.6. The fraction of sp³-hybridized carbons (Fsp3) is 0.188. The lowest BCUT2D eigenvalue weighted by molar-refractivity contribution is 0.0990. The molecule has 7 nitrogen and oxygen atoms in total. The van der Waals surface area contributed by atoms with E-state index >= 15 is 0 Å². The van der Waals surface area contributed by atoms with Crippen LogP contribution in [0, 0.1) is 18.6 Å². The number of ether oxygens (including phenoxy) is 2. The van der Waals surface area contributed by atoms with Crippen LogP contribution in [0.15, 0.2) is 78.0 Å². The molecule has 0 fully saturated rings. The minimum absolute atomic E-state index is 0.0170. The summed E-state index contributed by atoms with van der Waals surface area (Å²) in [6, 6.07) is 13.4. The van der Waals surface area contributed by atoms with E-state index in [9.17, 15) is 18.4 Å². The first-order valence-corrected chi connectivity index (χ1v) is 13.0. The predicted molar refractivity (Wildman–Crippen MR) is 152 cm³/mol. The summed E-state index contributed by atoms with van der Waals surface area (Å²) in [6.07, 6.45) is 4.46. The maximum absolute atomic E-state index is 14.1. The number of Topliss-reactive ketones (excluding diaryl/α,β-unsaturated/α-hetero) is 1. The zero-order valence-corrected chi connectivity index (χ0v) is 22.9. The van der Waals surface area contributed by atoms with Crippen LogP contribution in [0.4, 0.5) is 8.78 Å². The van der Waals surface area contributed by atoms with E-state index < -0.39 is 17.1 Å². The van der Waals surface area contributed by atoms with Crippen LogP contribution in [0.5, 0.6) is 17.2 Å². The van der Waals surface area contributed by atoms with E-state index in [-0.39, 0.29) is 29.6 Å². The normalized spacial score (nSPS) is 11.2. The molecule has 0 aliphatic carbocycles. The molecule has 0 atom stereocenters. The second-order valence-corrected chi connectivity index (χ2v) is 9.84. The molecule has 3 heterocycles. The van der Waals surface area contributed by atoms with Gasteiger partial charge in [0.05, 0.1) is 30.8 Å². The van der Waals surface area contributed by atoms with Gasteiger partial charge in [0.25, 0.3) is 0 Å². The van der Waals surface area contributed by atoms with Crippen LogP contribution in [0.25, 0.3) is 22.0 Å². The molecule has 0 saturated carbocycles. The number of hydrogen-bond donors (Lipinski definition) is 0. The first-order chi connectivity index (χ1) is 19.7. The minimum atomic E-state index is -0.529. The van der Waals surface area contributed by atoms with Gasteiger partial charge < -0.3 is 14.0 Å². The summed E-state index contributed by atoms with van der Waals surface area (Å²) in [6.45, 7) is 5.73. The largest absolute Gasteiger partial charge is 0.494 e. The number of rotatable bonds is 8. The lowest BCUT2D eigenvalue weighted by Gasteiger charge is -2.20. The number of carbonyl (C=O) groups excluding carboxylic acids is 1. The molecule has 0 N–H and O–H groups in total. The van der Waals surface area contributed by atoms with Crippen molar-refractivity contribution in [3.05, 3.63) is 112 Å². The molecule has 0 amide bonds. The molecular weight excluding hydrogens is 528 g/mol. The molecule has 208 valence electrons. The number of aromatic nitrogens is 3. The van der Waals surface area contributed by atoms with E-state index in [0.29, 0.717) is 44.9 Å². The number of ketones is 1. The van der Waals surface area contributed by atoms with Gasteiger partial charge in [-0.15, -0.1) is 0 Å². The first kappa shape index (κ1) is 27.6. The van der Waals surface area contributed by atoms with Crippen molar-refractivity contribution >= 4 is 16.7 Å². The molecule has 0 spiro atoms. The fourth-order valence-electron chi connectivity index (χ4n) is 4.74. The molecule has 5 rings (SSSR count). The van der Waals surface area contributed by atoms with Gasteiger partial charge in [0.1, 0.15) is 17.3 Å². The second-order valence-electron chi connectivity index (χ2n) is 9.84. The quantitative estimate of drug-likeness (QED) is 0.195. The summed E-state index contributed by atoms with van der Waals surface area (Å²) in [5, 5.41) is 0.558. The Kier molecular flexibility index (Phi) is 7.61. The molecule has 5 aromatic rings. The monoisotopic (exact) mass is 555 g/mol. The minimum Gasteiger partial charge on any atom is -0.494 e. The maximum atomic E-state index is 14.1. The van der Waals surface area contributed by atoms with Crippen molar-refractivity contribution in [3.8, 4) is 28.4 Å². The number of pyridine rings is 3. The molecule has 0 saturated heterocycles. The van der Waals surface area contributed by atoms with Crippen molar-refractivity contribution in [3.63, 3.8) is 0 Å². The van der Waals surface area contributed by atoms with Crippen LogP contribution in [0.1, 0.15) is 41.6 Å². The number of methoxy groups -OCH3 is 1. The molecular formula is C32H27F2N3O4. The van der Waals surface area contributed by atoms with Gasteiger partial charge in [-0.1, -0.05) is 12.1 Å². The van der Waals surface area contributed by atoms with Gasteiger partial charge in [0.2, 0.25) is 0 Å². The molecule has 0 aliphatic heterocycles. The number of halogens is 2. The van der Waals surface area contributed by atoms with Crippen LogP contribution < -0.4 is 14.9 Å². The van der Waals surface area contributed by atoms with Gasteiger partial charge in [-0.2, -0.15) is 0 Å². The Hall–Kier alpha value is -4.92. The lowest BCUT2D eigenvalue weighted by Crippen LogP contribution is -2.24. The van der Waals surface area contributed by atoms with Crippen molar-refractivity contribution in [1.29, 1.82) is 0 Å². The molecule has 0 aliphatic rings. The van der Waals surface area contributed by atoms with E-state index in [2.05, 4.69) is 9.97 Å². The predicted octanol–water partition coefficient (Wildman–Crippen LogP) is 6.85. The average molecular weight is 556 g/mol. The van der Waals surface area contributed by atoms with Crippen LogP contribution >= 0.6 is 0 Å². The van der Waals surface area contributed by atoms with E-state index in [1.165, 1.54) is 55.9 Å². The Bertz CT molecular complexity index is 1820. The average Bonchev–Trinajstić information content (AvgIpc) is 2.94. The number of fused-ring (bicyclic) bond motifs is 1. The summed E-state index contributed by atoms with van der Waals surface area (Å²) in [5.74, 6) is -0.430. The van der Waals surface area contributed by atoms with E-state index in [0.717, 1.165) is 0 Å². The Morgan fingerprint density at radius 3 is 2.41 bits per heavy atom. The molecule has 0 radical (unpaired) electrons. The number of hydrogen-bond acceptors (Lipinski definition) is 6. The third kappa shape index (κ3) is 5.56. The highest BCUT2D eigenvalue weighted by atomic mass is 19.1. The Labute approximate surface area is 235 Å². The second kappa shape index (κ2) is 11.3. The summed E-state index contributed by atoms with van der Waals surface area (Å²) in [4.78, 5) is 35.4. The van der Waals surface area contributed by atoms with Gasteiger partial charge in [-0.3, -0.25) is 19.6 Å². The van der Waals surface area contributed by atoms with E-state index in [4.69, 9.17) is 9.47 Å². The zero-order valence-electron chi connectivity index (χ0n) is 22.9. The fourth-order valence-corrected chi connectivity index (χ4v) is 4.74. The Morgan fingerprint density at radius 2 is 1.76 bits per heavy atom. The highest BCUT2D eigenvalue weighted by Gasteiger charge is 2.21. The van der Waals surface area contributed by atoms with Gasteiger partial charge in [0.15, 0.2) is 22.8 Å². The van der Waals surface area contributed by atoms with Gasteiger partial charge in [0, 0.05) is 46.8 Å². The highest BCUT2D eigenvalue weighted by Crippen LogP contribution is 2.33. The topological polar surface area (TPSA) is 83.3 Å². The van der Waals surface area contributed by atoms with Crippen molar-refractivity contribution in [2.24, 2.45) is 0 Å². The third-order valence-corrected chi connectivity index (χ3v) is 6.82. The summed E-state index contributed by atoms with van der Waals surface area (Å²) in [7, 11) is 1.38.